The zero-order valence-corrected chi connectivity index (χ0v) is 18.2. The van der Waals surface area contributed by atoms with Crippen LogP contribution in [0.4, 0.5) is 0 Å². The van der Waals surface area contributed by atoms with Crippen molar-refractivity contribution in [1.82, 2.24) is 19.0 Å². The molecule has 0 aliphatic carbocycles. The lowest BCUT2D eigenvalue weighted by Crippen LogP contribution is -2.41. The number of nitrogens with zero attached hydrogens (tertiary/aromatic N) is 3. The van der Waals surface area contributed by atoms with Crippen LogP contribution < -0.4 is 10.1 Å². The maximum Gasteiger partial charge on any atom is 0.251 e. The topological polar surface area (TPSA) is 93.0 Å². The molecule has 31 heavy (non-hydrogen) atoms. The quantitative estimate of drug-likeness (QED) is 0.606. The van der Waals surface area contributed by atoms with Crippen molar-refractivity contribution in [1.29, 1.82) is 0 Å². The summed E-state index contributed by atoms with van der Waals surface area (Å²) in [4.78, 5) is 17.1. The van der Waals surface area contributed by atoms with Crippen LogP contribution in [0.5, 0.6) is 5.75 Å². The number of ether oxygens (including phenoxy) is 1. The van der Waals surface area contributed by atoms with E-state index in [4.69, 9.17) is 4.74 Å². The SMILES string of the molecule is CS(=O)(=O)N1CCC(CNC(=O)c2cccc(OCc3cn4ccccc4n3)c2)CC1. The minimum absolute atomic E-state index is 0.163. The Hall–Kier alpha value is -2.91. The number of fused-ring (bicyclic) bond motifs is 1. The van der Waals surface area contributed by atoms with E-state index in [0.29, 0.717) is 37.6 Å². The second-order valence-electron chi connectivity index (χ2n) is 7.83. The third kappa shape index (κ3) is 5.42. The fourth-order valence-corrected chi connectivity index (χ4v) is 4.60. The van der Waals surface area contributed by atoms with Crippen molar-refractivity contribution >= 4 is 21.6 Å². The zero-order chi connectivity index (χ0) is 21.8. The van der Waals surface area contributed by atoms with Crippen LogP contribution >= 0.6 is 0 Å². The average Bonchev–Trinajstić information content (AvgIpc) is 3.19. The first-order valence-electron chi connectivity index (χ1n) is 10.3. The normalized spacial score (nSPS) is 15.8. The van der Waals surface area contributed by atoms with Gasteiger partial charge in [-0.1, -0.05) is 12.1 Å². The fraction of sp³-hybridized carbons (Fsp3) is 0.364. The Morgan fingerprint density at radius 1 is 1.19 bits per heavy atom. The highest BCUT2D eigenvalue weighted by Crippen LogP contribution is 2.19. The molecule has 0 radical (unpaired) electrons. The number of benzene rings is 1. The fourth-order valence-electron chi connectivity index (χ4n) is 3.73. The lowest BCUT2D eigenvalue weighted by atomic mass is 9.98. The number of rotatable bonds is 7. The Morgan fingerprint density at radius 3 is 2.74 bits per heavy atom. The van der Waals surface area contributed by atoms with Gasteiger partial charge in [0.05, 0.1) is 11.9 Å². The van der Waals surface area contributed by atoms with Crippen molar-refractivity contribution in [2.75, 3.05) is 25.9 Å². The maximum atomic E-state index is 12.6. The van der Waals surface area contributed by atoms with E-state index in [2.05, 4.69) is 10.3 Å². The Labute approximate surface area is 181 Å². The van der Waals surface area contributed by atoms with Crippen LogP contribution in [0.2, 0.25) is 0 Å². The highest BCUT2D eigenvalue weighted by Gasteiger charge is 2.25. The molecule has 0 saturated carbocycles. The second-order valence-corrected chi connectivity index (χ2v) is 9.81. The largest absolute Gasteiger partial charge is 0.487 e. The number of aromatic nitrogens is 2. The van der Waals surface area contributed by atoms with Gasteiger partial charge in [0.2, 0.25) is 10.0 Å². The molecule has 0 bridgehead atoms. The summed E-state index contributed by atoms with van der Waals surface area (Å²) in [6.45, 7) is 1.85. The van der Waals surface area contributed by atoms with E-state index in [9.17, 15) is 13.2 Å². The van der Waals surface area contributed by atoms with Crippen LogP contribution in [0, 0.1) is 5.92 Å². The number of sulfonamides is 1. The Balaban J connectivity index is 1.29. The summed E-state index contributed by atoms with van der Waals surface area (Å²) in [5.41, 5.74) is 2.19. The van der Waals surface area contributed by atoms with Gasteiger partial charge in [0.1, 0.15) is 18.0 Å². The molecule has 164 valence electrons. The first-order valence-corrected chi connectivity index (χ1v) is 12.1. The summed E-state index contributed by atoms with van der Waals surface area (Å²) < 4.78 is 32.5. The predicted molar refractivity (Wildman–Crippen MR) is 117 cm³/mol. The molecule has 1 saturated heterocycles. The number of piperidine rings is 1. The summed E-state index contributed by atoms with van der Waals surface area (Å²) in [7, 11) is -3.14. The van der Waals surface area contributed by atoms with Gasteiger partial charge in [-0.15, -0.1) is 0 Å². The zero-order valence-electron chi connectivity index (χ0n) is 17.4. The molecular weight excluding hydrogens is 416 g/mol. The summed E-state index contributed by atoms with van der Waals surface area (Å²) >= 11 is 0. The van der Waals surface area contributed by atoms with Gasteiger partial charge in [-0.3, -0.25) is 4.79 Å². The van der Waals surface area contributed by atoms with E-state index in [1.165, 1.54) is 10.6 Å². The molecule has 1 fully saturated rings. The minimum atomic E-state index is -3.14. The third-order valence-electron chi connectivity index (χ3n) is 5.49. The smallest absolute Gasteiger partial charge is 0.251 e. The molecule has 2 aromatic heterocycles. The number of amides is 1. The van der Waals surface area contributed by atoms with Crippen molar-refractivity contribution in [3.63, 3.8) is 0 Å². The van der Waals surface area contributed by atoms with Gasteiger partial charge in [-0.25, -0.2) is 17.7 Å². The van der Waals surface area contributed by atoms with E-state index in [1.807, 2.05) is 41.1 Å². The van der Waals surface area contributed by atoms with Gasteiger partial charge < -0.3 is 14.5 Å². The second kappa shape index (κ2) is 9.07. The highest BCUT2D eigenvalue weighted by atomic mass is 32.2. The maximum absolute atomic E-state index is 12.6. The van der Waals surface area contributed by atoms with E-state index < -0.39 is 10.0 Å². The molecule has 4 rings (SSSR count). The summed E-state index contributed by atoms with van der Waals surface area (Å²) in [6.07, 6.45) is 6.58. The van der Waals surface area contributed by atoms with Gasteiger partial charge in [-0.05, 0) is 49.1 Å². The number of carbonyl (C=O) groups excluding carboxylic acids is 1. The molecule has 1 aromatic carbocycles. The summed E-state index contributed by atoms with van der Waals surface area (Å²) in [6, 6.07) is 12.9. The van der Waals surface area contributed by atoms with Crippen molar-refractivity contribution in [2.24, 2.45) is 5.92 Å². The van der Waals surface area contributed by atoms with Crippen LogP contribution in [-0.2, 0) is 16.6 Å². The van der Waals surface area contributed by atoms with Crippen molar-refractivity contribution in [3.05, 3.63) is 66.1 Å². The van der Waals surface area contributed by atoms with E-state index in [0.717, 1.165) is 24.2 Å². The lowest BCUT2D eigenvalue weighted by Gasteiger charge is -2.30. The first kappa shape index (κ1) is 21.3. The lowest BCUT2D eigenvalue weighted by molar-refractivity contribution is 0.0941. The van der Waals surface area contributed by atoms with Crippen molar-refractivity contribution < 1.29 is 17.9 Å². The van der Waals surface area contributed by atoms with Crippen LogP contribution in [0.3, 0.4) is 0 Å². The van der Waals surface area contributed by atoms with Gasteiger partial charge in [0, 0.05) is 37.6 Å². The van der Waals surface area contributed by atoms with Crippen molar-refractivity contribution in [3.8, 4) is 5.75 Å². The molecule has 9 heteroatoms. The van der Waals surface area contributed by atoms with Gasteiger partial charge in [0.15, 0.2) is 0 Å². The van der Waals surface area contributed by atoms with E-state index in [1.54, 1.807) is 18.2 Å². The standard InChI is InChI=1S/C22H26N4O4S/c1-31(28,29)26-11-8-17(9-12-26)14-23-22(27)18-5-4-6-20(13-18)30-16-19-15-25-10-3-2-7-21(25)24-19/h2-7,10,13,15,17H,8-9,11-12,14,16H2,1H3,(H,23,27). The predicted octanol–water partition coefficient (Wildman–Crippen LogP) is 2.31. The summed E-state index contributed by atoms with van der Waals surface area (Å²) in [5, 5.41) is 2.96. The molecule has 1 N–H and O–H groups in total. The average molecular weight is 443 g/mol. The molecular formula is C22H26N4O4S. The van der Waals surface area contributed by atoms with Gasteiger partial charge in [0.25, 0.3) is 5.91 Å². The van der Waals surface area contributed by atoms with Crippen molar-refractivity contribution in [2.45, 2.75) is 19.4 Å². The number of pyridine rings is 1. The number of nitrogens with one attached hydrogen (secondary N) is 1. The first-order chi connectivity index (χ1) is 14.9. The summed E-state index contributed by atoms with van der Waals surface area (Å²) in [5.74, 6) is 0.714. The molecule has 1 aliphatic heterocycles. The highest BCUT2D eigenvalue weighted by molar-refractivity contribution is 7.88. The Morgan fingerprint density at radius 2 is 2.00 bits per heavy atom. The molecule has 0 spiro atoms. The Kier molecular flexibility index (Phi) is 6.24. The van der Waals surface area contributed by atoms with Gasteiger partial charge in [-0.2, -0.15) is 0 Å². The van der Waals surface area contributed by atoms with Crippen LogP contribution in [0.1, 0.15) is 28.9 Å². The molecule has 0 atom stereocenters. The van der Waals surface area contributed by atoms with Gasteiger partial charge >= 0.3 is 0 Å². The van der Waals surface area contributed by atoms with Crippen LogP contribution in [-0.4, -0.2) is 53.9 Å². The molecule has 1 aliphatic rings. The molecule has 3 aromatic rings. The molecule has 3 heterocycles. The number of imidazole rings is 1. The molecule has 0 unspecified atom stereocenters. The monoisotopic (exact) mass is 442 g/mol. The van der Waals surface area contributed by atoms with E-state index >= 15 is 0 Å². The molecule has 8 nitrogen and oxygen atoms in total. The molecule has 1 amide bonds. The number of hydrogen-bond acceptors (Lipinski definition) is 5. The number of carbonyl (C=O) groups is 1. The van der Waals surface area contributed by atoms with Crippen LogP contribution in [0.25, 0.3) is 5.65 Å². The Bertz CT molecular complexity index is 1130. The minimum Gasteiger partial charge on any atom is -0.487 e. The van der Waals surface area contributed by atoms with E-state index in [-0.39, 0.29) is 11.8 Å². The van der Waals surface area contributed by atoms with Crippen LogP contribution in [0.15, 0.2) is 54.9 Å². The number of hydrogen-bond donors (Lipinski definition) is 1. The third-order valence-corrected chi connectivity index (χ3v) is 6.79.